The number of rotatable bonds is 4. The molecule has 0 amide bonds. The number of carboxylic acids is 1. The van der Waals surface area contributed by atoms with Gasteiger partial charge in [-0.2, -0.15) is 0 Å². The van der Waals surface area contributed by atoms with Crippen molar-refractivity contribution in [2.24, 2.45) is 0 Å². The lowest BCUT2D eigenvalue weighted by Crippen LogP contribution is -2.38. The molecule has 0 radical (unpaired) electrons. The summed E-state index contributed by atoms with van der Waals surface area (Å²) in [7, 11) is 0. The molecule has 0 aliphatic carbocycles. The van der Waals surface area contributed by atoms with Gasteiger partial charge in [0.2, 0.25) is 0 Å². The second kappa shape index (κ2) is 5.91. The van der Waals surface area contributed by atoms with E-state index in [-0.39, 0.29) is 12.1 Å². The molecule has 5 heteroatoms. The topological polar surface area (TPSA) is 40.5 Å². The molecule has 1 aliphatic rings. The third-order valence-corrected chi connectivity index (χ3v) is 6.26. The SMILES string of the molecule is Cc1csc(C(c2sccc2C)N2CCCC2C(=O)O)c1. The van der Waals surface area contributed by atoms with Crippen molar-refractivity contribution in [3.05, 3.63) is 43.8 Å². The quantitative estimate of drug-likeness (QED) is 0.923. The maximum atomic E-state index is 11.6. The van der Waals surface area contributed by atoms with Crippen LogP contribution in [0.15, 0.2) is 22.9 Å². The molecule has 1 saturated heterocycles. The molecule has 2 unspecified atom stereocenters. The molecule has 112 valence electrons. The Morgan fingerprint density at radius 1 is 1.43 bits per heavy atom. The normalized spacial score (nSPS) is 20.8. The van der Waals surface area contributed by atoms with Crippen LogP contribution in [0.25, 0.3) is 0 Å². The molecule has 3 heterocycles. The first kappa shape index (κ1) is 14.8. The molecule has 0 saturated carbocycles. The van der Waals surface area contributed by atoms with Crippen LogP contribution >= 0.6 is 22.7 Å². The van der Waals surface area contributed by atoms with Crippen molar-refractivity contribution in [3.63, 3.8) is 0 Å². The van der Waals surface area contributed by atoms with Gasteiger partial charge in [-0.3, -0.25) is 9.69 Å². The Labute approximate surface area is 132 Å². The van der Waals surface area contributed by atoms with E-state index in [2.05, 4.69) is 41.6 Å². The molecular formula is C16H19NO2S2. The van der Waals surface area contributed by atoms with Gasteiger partial charge in [0.1, 0.15) is 6.04 Å². The van der Waals surface area contributed by atoms with E-state index in [9.17, 15) is 9.90 Å². The first-order valence-corrected chi connectivity index (χ1v) is 8.91. The molecule has 3 nitrogen and oxygen atoms in total. The summed E-state index contributed by atoms with van der Waals surface area (Å²) < 4.78 is 0. The number of nitrogens with zero attached hydrogens (tertiary/aromatic N) is 1. The van der Waals surface area contributed by atoms with E-state index in [1.165, 1.54) is 20.9 Å². The molecule has 1 N–H and O–H groups in total. The molecule has 0 spiro atoms. The predicted octanol–water partition coefficient (Wildman–Crippen LogP) is 4.06. The van der Waals surface area contributed by atoms with E-state index in [1.54, 1.807) is 22.7 Å². The molecule has 0 bridgehead atoms. The van der Waals surface area contributed by atoms with Gasteiger partial charge in [-0.25, -0.2) is 0 Å². The van der Waals surface area contributed by atoms with Gasteiger partial charge in [0, 0.05) is 16.3 Å². The van der Waals surface area contributed by atoms with Gasteiger partial charge in [0.25, 0.3) is 0 Å². The van der Waals surface area contributed by atoms with Gasteiger partial charge < -0.3 is 5.11 Å². The minimum Gasteiger partial charge on any atom is -0.480 e. The average Bonchev–Trinajstić information content (AvgIpc) is 3.13. The van der Waals surface area contributed by atoms with Crippen LogP contribution in [0, 0.1) is 13.8 Å². The van der Waals surface area contributed by atoms with Crippen molar-refractivity contribution in [2.75, 3.05) is 6.54 Å². The molecule has 2 aromatic heterocycles. The van der Waals surface area contributed by atoms with Gasteiger partial charge in [-0.15, -0.1) is 22.7 Å². The lowest BCUT2D eigenvalue weighted by molar-refractivity contribution is -0.142. The smallest absolute Gasteiger partial charge is 0.320 e. The van der Waals surface area contributed by atoms with Gasteiger partial charge in [-0.1, -0.05) is 0 Å². The molecule has 2 aromatic rings. The van der Waals surface area contributed by atoms with E-state index in [4.69, 9.17) is 0 Å². The van der Waals surface area contributed by atoms with Crippen LogP contribution in [0.1, 0.15) is 39.8 Å². The predicted molar refractivity (Wildman–Crippen MR) is 87.3 cm³/mol. The van der Waals surface area contributed by atoms with Crippen LogP contribution in [0.5, 0.6) is 0 Å². The third kappa shape index (κ3) is 2.78. The summed E-state index contributed by atoms with van der Waals surface area (Å²) >= 11 is 3.47. The molecular weight excluding hydrogens is 302 g/mol. The number of likely N-dealkylation sites (tertiary alicyclic amines) is 1. The second-order valence-electron chi connectivity index (χ2n) is 5.63. The van der Waals surface area contributed by atoms with Crippen LogP contribution in [0.4, 0.5) is 0 Å². The number of carbonyl (C=O) groups is 1. The van der Waals surface area contributed by atoms with Gasteiger partial charge in [-0.05, 0) is 60.7 Å². The van der Waals surface area contributed by atoms with Crippen molar-refractivity contribution in [1.29, 1.82) is 0 Å². The minimum atomic E-state index is -0.694. The monoisotopic (exact) mass is 321 g/mol. The van der Waals surface area contributed by atoms with Gasteiger partial charge in [0.05, 0.1) is 6.04 Å². The van der Waals surface area contributed by atoms with Crippen LogP contribution in [0.2, 0.25) is 0 Å². The number of aliphatic carboxylic acids is 1. The molecule has 21 heavy (non-hydrogen) atoms. The van der Waals surface area contributed by atoms with Crippen LogP contribution < -0.4 is 0 Å². The molecule has 1 fully saturated rings. The van der Waals surface area contributed by atoms with E-state index in [1.807, 2.05) is 0 Å². The summed E-state index contributed by atoms with van der Waals surface area (Å²) in [5, 5.41) is 13.8. The maximum absolute atomic E-state index is 11.6. The van der Waals surface area contributed by atoms with E-state index >= 15 is 0 Å². The molecule has 3 rings (SSSR count). The van der Waals surface area contributed by atoms with Crippen molar-refractivity contribution in [2.45, 2.75) is 38.8 Å². The second-order valence-corrected chi connectivity index (χ2v) is 7.52. The number of aryl methyl sites for hydroxylation is 2. The number of hydrogen-bond donors (Lipinski definition) is 1. The molecule has 2 atom stereocenters. The maximum Gasteiger partial charge on any atom is 0.320 e. The Morgan fingerprint density at radius 2 is 2.24 bits per heavy atom. The zero-order valence-electron chi connectivity index (χ0n) is 12.2. The lowest BCUT2D eigenvalue weighted by Gasteiger charge is -2.30. The fraction of sp³-hybridized carbons (Fsp3) is 0.438. The zero-order valence-corrected chi connectivity index (χ0v) is 13.8. The van der Waals surface area contributed by atoms with Crippen LogP contribution in [-0.2, 0) is 4.79 Å². The minimum absolute atomic E-state index is 0.0901. The van der Waals surface area contributed by atoms with Crippen LogP contribution in [-0.4, -0.2) is 28.6 Å². The highest BCUT2D eigenvalue weighted by atomic mass is 32.1. The Kier molecular flexibility index (Phi) is 4.15. The zero-order chi connectivity index (χ0) is 15.0. The summed E-state index contributed by atoms with van der Waals surface area (Å²) in [6.45, 7) is 5.07. The molecule has 0 aromatic carbocycles. The van der Waals surface area contributed by atoms with Crippen molar-refractivity contribution in [3.8, 4) is 0 Å². The summed E-state index contributed by atoms with van der Waals surface area (Å²) in [5.41, 5.74) is 2.51. The van der Waals surface area contributed by atoms with E-state index < -0.39 is 5.97 Å². The fourth-order valence-electron chi connectivity index (χ4n) is 3.07. The Hall–Kier alpha value is -1.17. The summed E-state index contributed by atoms with van der Waals surface area (Å²) in [4.78, 5) is 16.3. The van der Waals surface area contributed by atoms with Crippen molar-refractivity contribution < 1.29 is 9.90 Å². The third-order valence-electron chi connectivity index (χ3n) is 4.08. The Morgan fingerprint density at radius 3 is 2.81 bits per heavy atom. The van der Waals surface area contributed by atoms with Crippen LogP contribution in [0.3, 0.4) is 0 Å². The number of thiophene rings is 2. The number of hydrogen-bond acceptors (Lipinski definition) is 4. The Bertz CT molecular complexity index is 646. The fourth-order valence-corrected chi connectivity index (χ4v) is 5.23. The van der Waals surface area contributed by atoms with Crippen molar-refractivity contribution in [1.82, 2.24) is 4.90 Å². The Balaban J connectivity index is 2.04. The standard InChI is InChI=1S/C16H19NO2S2/c1-10-8-13(21-9-10)14(15-11(2)5-7-20-15)17-6-3-4-12(17)16(18)19/h5,7-9,12,14H,3-4,6H2,1-2H3,(H,18,19). The van der Waals surface area contributed by atoms with E-state index in [0.717, 1.165) is 19.4 Å². The van der Waals surface area contributed by atoms with Crippen molar-refractivity contribution >= 4 is 28.6 Å². The highest BCUT2D eigenvalue weighted by molar-refractivity contribution is 7.11. The summed E-state index contributed by atoms with van der Waals surface area (Å²) in [6, 6.07) is 4.05. The summed E-state index contributed by atoms with van der Waals surface area (Å²) in [6.07, 6.45) is 1.71. The highest BCUT2D eigenvalue weighted by Gasteiger charge is 2.38. The molecule has 1 aliphatic heterocycles. The first-order valence-electron chi connectivity index (χ1n) is 7.15. The van der Waals surface area contributed by atoms with E-state index in [0.29, 0.717) is 0 Å². The van der Waals surface area contributed by atoms with Gasteiger partial charge in [0.15, 0.2) is 0 Å². The largest absolute Gasteiger partial charge is 0.480 e. The highest BCUT2D eigenvalue weighted by Crippen LogP contribution is 2.40. The first-order chi connectivity index (χ1) is 10.1. The number of carboxylic acid groups (broad SMARTS) is 1. The lowest BCUT2D eigenvalue weighted by atomic mass is 10.1. The van der Waals surface area contributed by atoms with Gasteiger partial charge >= 0.3 is 5.97 Å². The summed E-state index contributed by atoms with van der Waals surface area (Å²) in [5.74, 6) is -0.694. The average molecular weight is 321 g/mol.